The fourth-order valence-electron chi connectivity index (χ4n) is 5.19. The van der Waals surface area contributed by atoms with Crippen molar-refractivity contribution < 1.29 is 32.9 Å². The Morgan fingerprint density at radius 2 is 1.20 bits per heavy atom. The third kappa shape index (κ3) is 31.6. The second-order valence-corrected chi connectivity index (χ2v) is 15.3. The molecule has 0 saturated carbocycles. The van der Waals surface area contributed by atoms with Crippen LogP contribution in [0.4, 0.5) is 0 Å². The molecule has 2 N–H and O–H groups in total. The molecule has 0 bridgehead atoms. The van der Waals surface area contributed by atoms with Crippen LogP contribution in [0.15, 0.2) is 12.2 Å². The number of hydrogen-bond acceptors (Lipinski definition) is 6. The van der Waals surface area contributed by atoms with E-state index in [2.05, 4.69) is 12.2 Å². The largest absolute Gasteiger partial charge is 0.756 e. The molecule has 0 saturated heterocycles. The van der Waals surface area contributed by atoms with Crippen molar-refractivity contribution in [1.82, 2.24) is 5.32 Å². The molecule has 0 spiro atoms. The fraction of sp³-hybridized carbons (Fsp3) is 0.917. The first kappa shape index (κ1) is 44.2. The lowest BCUT2D eigenvalue weighted by molar-refractivity contribution is -0.870. The predicted molar refractivity (Wildman–Crippen MR) is 187 cm³/mol. The smallest absolute Gasteiger partial charge is 0.268 e. The van der Waals surface area contributed by atoms with Gasteiger partial charge < -0.3 is 28.8 Å². The molecule has 0 aromatic carbocycles. The number of phosphoric ester groups is 1. The summed E-state index contributed by atoms with van der Waals surface area (Å²) in [5.41, 5.74) is 0. The molecule has 45 heavy (non-hydrogen) atoms. The van der Waals surface area contributed by atoms with Crippen LogP contribution < -0.4 is 10.2 Å². The van der Waals surface area contributed by atoms with Crippen molar-refractivity contribution in [3.05, 3.63) is 12.2 Å². The third-order valence-corrected chi connectivity index (χ3v) is 9.21. The summed E-state index contributed by atoms with van der Waals surface area (Å²) < 4.78 is 22.8. The molecule has 0 heterocycles. The number of nitrogens with one attached hydrogen (secondary N) is 1. The molecular weight excluding hydrogens is 587 g/mol. The zero-order valence-corrected chi connectivity index (χ0v) is 31.0. The summed E-state index contributed by atoms with van der Waals surface area (Å²) in [7, 11) is 1.26. The number of nitrogens with zero attached hydrogens (tertiary/aromatic N) is 1. The first-order chi connectivity index (χ1) is 21.5. The highest BCUT2D eigenvalue weighted by molar-refractivity contribution is 7.45. The van der Waals surface area contributed by atoms with Crippen molar-refractivity contribution >= 4 is 13.7 Å². The number of allylic oxidation sites excluding steroid dienone is 1. The van der Waals surface area contributed by atoms with E-state index in [1.807, 2.05) is 34.1 Å². The number of likely N-dealkylation sites (N-methyl/N-ethyl adjacent to an activating group) is 1. The Kier molecular flexibility index (Phi) is 28.9. The molecule has 1 amide bonds. The molecule has 3 atom stereocenters. The van der Waals surface area contributed by atoms with Gasteiger partial charge in [0.25, 0.3) is 7.82 Å². The maximum absolute atomic E-state index is 12.3. The van der Waals surface area contributed by atoms with E-state index in [1.54, 1.807) is 6.08 Å². The Hall–Kier alpha value is -0.760. The molecule has 0 aromatic heterocycles. The van der Waals surface area contributed by atoms with Crippen LogP contribution in [0.3, 0.4) is 0 Å². The number of quaternary nitrogens is 1. The maximum atomic E-state index is 12.3. The minimum absolute atomic E-state index is 0.000298. The van der Waals surface area contributed by atoms with Gasteiger partial charge in [-0.1, -0.05) is 148 Å². The SMILES string of the molecule is CCCCCCCCCCCCCCCCCCCCC/C=C/C(O)C(COP(=O)([O-])OCC[N+](C)(C)C)NC(=O)CCCC. The number of rotatable bonds is 33. The van der Waals surface area contributed by atoms with Crippen molar-refractivity contribution in [2.75, 3.05) is 40.9 Å². The topological polar surface area (TPSA) is 108 Å². The lowest BCUT2D eigenvalue weighted by Crippen LogP contribution is -2.45. The van der Waals surface area contributed by atoms with E-state index in [0.29, 0.717) is 17.4 Å². The molecule has 0 aromatic rings. The molecule has 0 fully saturated rings. The standard InChI is InChI=1S/C36H73N2O6P/c1-6-8-10-11-12-13-14-15-16-17-18-19-20-21-22-23-24-25-26-27-28-29-35(39)34(37-36(40)30-9-7-2)33-44-45(41,42)43-32-31-38(3,4)5/h28-29,34-35,39H,6-27,30-33H2,1-5H3,(H-,37,40,41,42)/b29-28+. The summed E-state index contributed by atoms with van der Waals surface area (Å²) in [6.07, 6.45) is 30.9. The van der Waals surface area contributed by atoms with Crippen molar-refractivity contribution in [2.24, 2.45) is 0 Å². The van der Waals surface area contributed by atoms with Gasteiger partial charge in [-0.3, -0.25) is 9.36 Å². The highest BCUT2D eigenvalue weighted by Crippen LogP contribution is 2.38. The average Bonchev–Trinajstić information content (AvgIpc) is 2.98. The number of phosphoric acid groups is 1. The number of carbonyl (C=O) groups is 1. The summed E-state index contributed by atoms with van der Waals surface area (Å²) in [6, 6.07) is -0.875. The van der Waals surface area contributed by atoms with Crippen LogP contribution in [0, 0.1) is 0 Å². The summed E-state index contributed by atoms with van der Waals surface area (Å²) >= 11 is 0. The van der Waals surface area contributed by atoms with Crippen LogP contribution in [0.2, 0.25) is 0 Å². The van der Waals surface area contributed by atoms with Crippen LogP contribution in [0.1, 0.15) is 162 Å². The van der Waals surface area contributed by atoms with Gasteiger partial charge in [-0.15, -0.1) is 0 Å². The van der Waals surface area contributed by atoms with Gasteiger partial charge in [-0.2, -0.15) is 0 Å². The van der Waals surface area contributed by atoms with Crippen molar-refractivity contribution in [3.8, 4) is 0 Å². The minimum atomic E-state index is -4.55. The van der Waals surface area contributed by atoms with Crippen LogP contribution in [0.5, 0.6) is 0 Å². The Morgan fingerprint density at radius 1 is 0.756 bits per heavy atom. The van der Waals surface area contributed by atoms with Crippen LogP contribution in [-0.2, 0) is 18.4 Å². The second-order valence-electron chi connectivity index (χ2n) is 13.9. The Morgan fingerprint density at radius 3 is 1.64 bits per heavy atom. The normalized spacial score (nSPS) is 14.9. The summed E-state index contributed by atoms with van der Waals surface area (Å²) in [6.45, 7) is 4.39. The van der Waals surface area contributed by atoms with E-state index in [0.717, 1.165) is 32.1 Å². The molecule has 0 aliphatic heterocycles. The van der Waals surface area contributed by atoms with Gasteiger partial charge >= 0.3 is 0 Å². The van der Waals surface area contributed by atoms with Gasteiger partial charge in [0.15, 0.2) is 0 Å². The van der Waals surface area contributed by atoms with Crippen molar-refractivity contribution in [2.45, 2.75) is 174 Å². The van der Waals surface area contributed by atoms with Crippen LogP contribution in [0.25, 0.3) is 0 Å². The molecule has 0 radical (unpaired) electrons. The summed E-state index contributed by atoms with van der Waals surface area (Å²) in [5.74, 6) is -0.233. The third-order valence-electron chi connectivity index (χ3n) is 8.25. The Labute approximate surface area is 278 Å². The van der Waals surface area contributed by atoms with E-state index >= 15 is 0 Å². The minimum Gasteiger partial charge on any atom is -0.756 e. The molecule has 0 rings (SSSR count). The van der Waals surface area contributed by atoms with E-state index in [9.17, 15) is 19.4 Å². The first-order valence-electron chi connectivity index (χ1n) is 18.6. The van der Waals surface area contributed by atoms with Gasteiger partial charge in [-0.25, -0.2) is 0 Å². The van der Waals surface area contributed by atoms with E-state index < -0.39 is 20.0 Å². The van der Waals surface area contributed by atoms with E-state index in [4.69, 9.17) is 9.05 Å². The van der Waals surface area contributed by atoms with E-state index in [-0.39, 0.29) is 19.1 Å². The molecule has 0 aliphatic carbocycles. The molecule has 268 valence electrons. The molecular formula is C36H73N2O6P. The highest BCUT2D eigenvalue weighted by atomic mass is 31.2. The van der Waals surface area contributed by atoms with Gasteiger partial charge in [0, 0.05) is 6.42 Å². The Bertz CT molecular complexity index is 758. The molecule has 9 heteroatoms. The highest BCUT2D eigenvalue weighted by Gasteiger charge is 2.23. The number of hydrogen-bond donors (Lipinski definition) is 2. The lowest BCUT2D eigenvalue weighted by atomic mass is 10.0. The first-order valence-corrected chi connectivity index (χ1v) is 20.0. The summed E-state index contributed by atoms with van der Waals surface area (Å²) in [4.78, 5) is 24.5. The number of aliphatic hydroxyl groups is 1. The fourth-order valence-corrected chi connectivity index (χ4v) is 5.91. The monoisotopic (exact) mass is 661 g/mol. The second kappa shape index (κ2) is 29.4. The average molecular weight is 661 g/mol. The van der Waals surface area contributed by atoms with Gasteiger partial charge in [-0.05, 0) is 19.3 Å². The number of amides is 1. The quantitative estimate of drug-likeness (QED) is 0.0316. The predicted octanol–water partition coefficient (Wildman–Crippen LogP) is 8.61. The van der Waals surface area contributed by atoms with Crippen LogP contribution in [-0.4, -0.2) is 68.5 Å². The van der Waals surface area contributed by atoms with Gasteiger partial charge in [0.05, 0.1) is 39.9 Å². The molecule has 8 nitrogen and oxygen atoms in total. The van der Waals surface area contributed by atoms with E-state index in [1.165, 1.54) is 109 Å². The zero-order chi connectivity index (χ0) is 33.7. The number of aliphatic hydroxyl groups excluding tert-OH is 1. The van der Waals surface area contributed by atoms with Gasteiger partial charge in [0.1, 0.15) is 13.2 Å². The van der Waals surface area contributed by atoms with Crippen molar-refractivity contribution in [3.63, 3.8) is 0 Å². The molecule has 0 aliphatic rings. The summed E-state index contributed by atoms with van der Waals surface area (Å²) in [5, 5.41) is 13.4. The lowest BCUT2D eigenvalue weighted by Gasteiger charge is -2.29. The van der Waals surface area contributed by atoms with Crippen molar-refractivity contribution in [1.29, 1.82) is 0 Å². The zero-order valence-electron chi connectivity index (χ0n) is 30.1. The van der Waals surface area contributed by atoms with Gasteiger partial charge in [0.2, 0.25) is 5.91 Å². The maximum Gasteiger partial charge on any atom is 0.268 e. The molecule has 3 unspecified atom stereocenters. The number of unbranched alkanes of at least 4 members (excludes halogenated alkanes) is 20. The Balaban J connectivity index is 4.06. The number of carbonyl (C=O) groups excluding carboxylic acids is 1. The van der Waals surface area contributed by atoms with Crippen LogP contribution >= 0.6 is 7.82 Å².